The average Bonchev–Trinajstić information content (AvgIpc) is 2.90. The van der Waals surface area contributed by atoms with Gasteiger partial charge in [0.2, 0.25) is 0 Å². The third kappa shape index (κ3) is 1.74. The van der Waals surface area contributed by atoms with Gasteiger partial charge in [0.15, 0.2) is 0 Å². The second kappa shape index (κ2) is 4.63. The van der Waals surface area contributed by atoms with Gasteiger partial charge in [-0.3, -0.25) is 0 Å². The van der Waals surface area contributed by atoms with Crippen LogP contribution in [0.1, 0.15) is 11.1 Å². The minimum Gasteiger partial charge on any atom is -0.398 e. The highest BCUT2D eigenvalue weighted by atomic mass is 14.7. The smallest absolute Gasteiger partial charge is 0.0473 e. The molecule has 4 aromatic rings. The minimum absolute atomic E-state index is 0.820. The van der Waals surface area contributed by atoms with Crippen molar-refractivity contribution in [2.24, 2.45) is 0 Å². The first-order valence-corrected chi connectivity index (χ1v) is 7.52. The van der Waals surface area contributed by atoms with Crippen molar-refractivity contribution >= 4 is 27.5 Å². The van der Waals surface area contributed by atoms with Gasteiger partial charge in [0.05, 0.1) is 0 Å². The lowest BCUT2D eigenvalue weighted by Crippen LogP contribution is -1.93. The Labute approximate surface area is 129 Å². The lowest BCUT2D eigenvalue weighted by molar-refractivity contribution is 1.37. The van der Waals surface area contributed by atoms with Gasteiger partial charge >= 0.3 is 0 Å². The highest BCUT2D eigenvalue weighted by Gasteiger charge is 2.14. The zero-order valence-electron chi connectivity index (χ0n) is 12.8. The monoisotopic (exact) mass is 286 g/mol. The highest BCUT2D eigenvalue weighted by Crippen LogP contribution is 2.37. The zero-order chi connectivity index (χ0) is 15.3. The zero-order valence-corrected chi connectivity index (χ0v) is 12.8. The topological polar surface area (TPSA) is 41.8 Å². The maximum absolute atomic E-state index is 6.18. The number of aryl methyl sites for hydroxylation is 1. The van der Waals surface area contributed by atoms with E-state index in [9.17, 15) is 0 Å². The van der Waals surface area contributed by atoms with Gasteiger partial charge in [0.1, 0.15) is 0 Å². The first kappa shape index (κ1) is 13.0. The predicted molar refractivity (Wildman–Crippen MR) is 95.1 cm³/mol. The van der Waals surface area contributed by atoms with Crippen molar-refractivity contribution in [3.8, 4) is 11.1 Å². The molecular formula is C20H18N2. The molecule has 22 heavy (non-hydrogen) atoms. The van der Waals surface area contributed by atoms with E-state index in [4.69, 9.17) is 5.73 Å². The van der Waals surface area contributed by atoms with E-state index in [2.05, 4.69) is 55.2 Å². The Kier molecular flexibility index (Phi) is 2.73. The number of hydrogen-bond acceptors (Lipinski definition) is 1. The summed E-state index contributed by atoms with van der Waals surface area (Å²) in [6.45, 7) is 4.37. The fourth-order valence-corrected chi connectivity index (χ4v) is 3.34. The number of rotatable bonds is 1. The number of hydrogen-bond donors (Lipinski definition) is 2. The van der Waals surface area contributed by atoms with Crippen LogP contribution in [0.25, 0.3) is 32.9 Å². The van der Waals surface area contributed by atoms with Crippen LogP contribution in [-0.4, -0.2) is 4.98 Å². The summed E-state index contributed by atoms with van der Waals surface area (Å²) in [7, 11) is 0. The standard InChI is InChI=1S/C20H18N2/c1-12-13(2)20-15-8-4-6-10-18(15)22-19(20)11-16(12)14-7-3-5-9-17(14)21/h3-11,22H,21H2,1-2H3. The van der Waals surface area contributed by atoms with Crippen LogP contribution < -0.4 is 5.73 Å². The average molecular weight is 286 g/mol. The highest BCUT2D eigenvalue weighted by molar-refractivity contribution is 6.10. The molecule has 0 amide bonds. The summed E-state index contributed by atoms with van der Waals surface area (Å²) in [5, 5.41) is 2.59. The van der Waals surface area contributed by atoms with Crippen LogP contribution in [0.15, 0.2) is 54.6 Å². The fourth-order valence-electron chi connectivity index (χ4n) is 3.34. The Balaban J connectivity index is 2.12. The fraction of sp³-hybridized carbons (Fsp3) is 0.100. The van der Waals surface area contributed by atoms with Crippen LogP contribution in [0.3, 0.4) is 0 Å². The maximum atomic E-state index is 6.18. The summed E-state index contributed by atoms with van der Waals surface area (Å²) >= 11 is 0. The molecule has 4 rings (SSSR count). The Morgan fingerprint density at radius 3 is 2.32 bits per heavy atom. The molecule has 0 unspecified atom stereocenters. The molecule has 0 radical (unpaired) electrons. The van der Waals surface area contributed by atoms with Crippen LogP contribution in [-0.2, 0) is 0 Å². The molecule has 1 heterocycles. The molecule has 0 saturated carbocycles. The van der Waals surface area contributed by atoms with Crippen molar-refractivity contribution in [3.63, 3.8) is 0 Å². The van der Waals surface area contributed by atoms with Gasteiger partial charge in [-0.2, -0.15) is 0 Å². The molecule has 0 spiro atoms. The molecule has 3 N–H and O–H groups in total. The molecule has 1 aromatic heterocycles. The molecule has 0 saturated heterocycles. The van der Waals surface area contributed by atoms with E-state index >= 15 is 0 Å². The van der Waals surface area contributed by atoms with Gasteiger partial charge in [0.25, 0.3) is 0 Å². The Morgan fingerprint density at radius 1 is 0.773 bits per heavy atom. The SMILES string of the molecule is Cc1c(-c2ccccc2N)cc2[nH]c3ccccc3c2c1C. The molecule has 0 aliphatic carbocycles. The van der Waals surface area contributed by atoms with Crippen molar-refractivity contribution in [1.82, 2.24) is 4.98 Å². The first-order valence-electron chi connectivity index (χ1n) is 7.52. The predicted octanol–water partition coefficient (Wildman–Crippen LogP) is 5.19. The second-order valence-corrected chi connectivity index (χ2v) is 5.85. The number of nitrogen functional groups attached to an aromatic ring is 1. The summed E-state index contributed by atoms with van der Waals surface area (Å²) in [6, 6.07) is 18.7. The number of anilines is 1. The van der Waals surface area contributed by atoms with Crippen LogP contribution in [0.5, 0.6) is 0 Å². The van der Waals surface area contributed by atoms with Crippen molar-refractivity contribution in [3.05, 3.63) is 65.7 Å². The van der Waals surface area contributed by atoms with E-state index in [0.29, 0.717) is 0 Å². The van der Waals surface area contributed by atoms with Crippen molar-refractivity contribution in [2.75, 3.05) is 5.73 Å². The van der Waals surface area contributed by atoms with Gasteiger partial charge in [0, 0.05) is 33.1 Å². The van der Waals surface area contributed by atoms with Gasteiger partial charge in [-0.1, -0.05) is 36.4 Å². The third-order valence-electron chi connectivity index (χ3n) is 4.62. The van der Waals surface area contributed by atoms with Gasteiger partial charge in [-0.15, -0.1) is 0 Å². The van der Waals surface area contributed by atoms with E-state index in [-0.39, 0.29) is 0 Å². The summed E-state index contributed by atoms with van der Waals surface area (Å²) < 4.78 is 0. The Bertz CT molecular complexity index is 1010. The molecule has 0 aliphatic heterocycles. The van der Waals surface area contributed by atoms with E-state index in [0.717, 1.165) is 11.3 Å². The third-order valence-corrected chi connectivity index (χ3v) is 4.62. The second-order valence-electron chi connectivity index (χ2n) is 5.85. The maximum Gasteiger partial charge on any atom is 0.0473 e. The van der Waals surface area contributed by atoms with Gasteiger partial charge < -0.3 is 10.7 Å². The first-order chi connectivity index (χ1) is 10.7. The summed E-state index contributed by atoms with van der Waals surface area (Å²) in [4.78, 5) is 3.53. The molecule has 0 fully saturated rings. The molecule has 2 heteroatoms. The van der Waals surface area contributed by atoms with E-state index in [1.165, 1.54) is 38.5 Å². The number of nitrogens with one attached hydrogen (secondary N) is 1. The minimum atomic E-state index is 0.820. The number of benzene rings is 3. The summed E-state index contributed by atoms with van der Waals surface area (Å²) in [5.74, 6) is 0. The lowest BCUT2D eigenvalue weighted by atomic mass is 9.93. The molecule has 108 valence electrons. The van der Waals surface area contributed by atoms with Crippen molar-refractivity contribution < 1.29 is 0 Å². The van der Waals surface area contributed by atoms with E-state index in [1.807, 2.05) is 18.2 Å². The quantitative estimate of drug-likeness (QED) is 0.465. The van der Waals surface area contributed by atoms with E-state index in [1.54, 1.807) is 0 Å². The summed E-state index contributed by atoms with van der Waals surface area (Å²) in [5.41, 5.74) is 14.3. The number of fused-ring (bicyclic) bond motifs is 3. The van der Waals surface area contributed by atoms with Crippen LogP contribution >= 0.6 is 0 Å². The van der Waals surface area contributed by atoms with Crippen LogP contribution in [0.2, 0.25) is 0 Å². The Morgan fingerprint density at radius 2 is 1.50 bits per heavy atom. The number of para-hydroxylation sites is 2. The molecule has 0 bridgehead atoms. The van der Waals surface area contributed by atoms with Gasteiger partial charge in [-0.25, -0.2) is 0 Å². The molecule has 3 aromatic carbocycles. The molecule has 0 atom stereocenters. The number of aromatic nitrogens is 1. The summed E-state index contributed by atoms with van der Waals surface area (Å²) in [6.07, 6.45) is 0. The Hall–Kier alpha value is -2.74. The van der Waals surface area contributed by atoms with Gasteiger partial charge in [-0.05, 0) is 48.7 Å². The lowest BCUT2D eigenvalue weighted by Gasteiger charge is -2.13. The molecule has 0 aliphatic rings. The van der Waals surface area contributed by atoms with Crippen molar-refractivity contribution in [1.29, 1.82) is 0 Å². The number of H-pyrrole nitrogens is 1. The normalized spacial score (nSPS) is 11.4. The number of nitrogens with two attached hydrogens (primary N) is 1. The van der Waals surface area contributed by atoms with Crippen LogP contribution in [0.4, 0.5) is 5.69 Å². The van der Waals surface area contributed by atoms with Crippen molar-refractivity contribution in [2.45, 2.75) is 13.8 Å². The van der Waals surface area contributed by atoms with E-state index < -0.39 is 0 Å². The molecule has 2 nitrogen and oxygen atoms in total. The largest absolute Gasteiger partial charge is 0.398 e. The number of aromatic amines is 1. The molecular weight excluding hydrogens is 268 g/mol. The van der Waals surface area contributed by atoms with Crippen LogP contribution in [0, 0.1) is 13.8 Å².